The van der Waals surface area contributed by atoms with E-state index in [9.17, 15) is 4.79 Å². The van der Waals surface area contributed by atoms with Crippen LogP contribution in [0.2, 0.25) is 0 Å². The predicted molar refractivity (Wildman–Crippen MR) is 46.4 cm³/mol. The summed E-state index contributed by atoms with van der Waals surface area (Å²) in [6.07, 6.45) is -0.450. The Morgan fingerprint density at radius 2 is 2.08 bits per heavy atom. The SMILES string of the molecule is CC(C)[C@H](NC(N)CN)C(=O)O. The first-order valence-electron chi connectivity index (χ1n) is 3.93. The highest BCUT2D eigenvalue weighted by molar-refractivity contribution is 5.73. The minimum absolute atomic E-state index is 0.0000926. The van der Waals surface area contributed by atoms with E-state index >= 15 is 0 Å². The summed E-state index contributed by atoms with van der Waals surface area (Å²) >= 11 is 0. The first-order chi connectivity index (χ1) is 5.49. The van der Waals surface area contributed by atoms with Gasteiger partial charge in [0.15, 0.2) is 0 Å². The van der Waals surface area contributed by atoms with E-state index in [1.54, 1.807) is 0 Å². The molecule has 0 fully saturated rings. The molecule has 0 saturated heterocycles. The smallest absolute Gasteiger partial charge is 0.321 e. The second kappa shape index (κ2) is 5.08. The molecular formula is C7H17N3O2. The van der Waals surface area contributed by atoms with Crippen LogP contribution in [0.4, 0.5) is 0 Å². The maximum Gasteiger partial charge on any atom is 0.321 e. The van der Waals surface area contributed by atoms with Gasteiger partial charge in [0.25, 0.3) is 0 Å². The Morgan fingerprint density at radius 1 is 1.58 bits per heavy atom. The van der Waals surface area contributed by atoms with E-state index in [2.05, 4.69) is 5.32 Å². The van der Waals surface area contributed by atoms with Crippen LogP contribution in [-0.4, -0.2) is 29.8 Å². The number of aliphatic carboxylic acids is 1. The molecule has 0 heterocycles. The van der Waals surface area contributed by atoms with E-state index in [-0.39, 0.29) is 12.5 Å². The molecule has 0 aromatic rings. The third-order valence-electron chi connectivity index (χ3n) is 1.58. The number of carbonyl (C=O) groups is 1. The minimum Gasteiger partial charge on any atom is -0.480 e. The van der Waals surface area contributed by atoms with E-state index in [0.717, 1.165) is 0 Å². The molecule has 0 rings (SSSR count). The molecule has 0 aliphatic rings. The molecule has 0 saturated carbocycles. The van der Waals surface area contributed by atoms with Crippen molar-refractivity contribution >= 4 is 5.97 Å². The predicted octanol–water partition coefficient (Wildman–Crippen LogP) is -1.07. The lowest BCUT2D eigenvalue weighted by Gasteiger charge is -2.21. The van der Waals surface area contributed by atoms with Crippen LogP contribution < -0.4 is 16.8 Å². The Morgan fingerprint density at radius 3 is 2.33 bits per heavy atom. The maximum atomic E-state index is 10.6. The van der Waals surface area contributed by atoms with Crippen molar-refractivity contribution in [2.45, 2.75) is 26.1 Å². The number of rotatable bonds is 5. The minimum atomic E-state index is -0.895. The number of carboxylic acids is 1. The Balaban J connectivity index is 4.05. The van der Waals surface area contributed by atoms with Crippen LogP contribution in [0, 0.1) is 5.92 Å². The number of hydrogen-bond acceptors (Lipinski definition) is 4. The third-order valence-corrected chi connectivity index (χ3v) is 1.58. The lowest BCUT2D eigenvalue weighted by Crippen LogP contribution is -2.53. The van der Waals surface area contributed by atoms with Crippen molar-refractivity contribution in [3.63, 3.8) is 0 Å². The zero-order valence-corrected chi connectivity index (χ0v) is 7.45. The molecule has 0 bridgehead atoms. The molecule has 5 nitrogen and oxygen atoms in total. The first-order valence-corrected chi connectivity index (χ1v) is 3.93. The molecule has 12 heavy (non-hydrogen) atoms. The second-order valence-electron chi connectivity index (χ2n) is 3.07. The quantitative estimate of drug-likeness (QED) is 0.398. The average Bonchev–Trinajstić information content (AvgIpc) is 1.98. The van der Waals surface area contributed by atoms with Crippen molar-refractivity contribution in [3.8, 4) is 0 Å². The van der Waals surface area contributed by atoms with Crippen LogP contribution in [0.1, 0.15) is 13.8 Å². The molecule has 0 amide bonds. The van der Waals surface area contributed by atoms with Gasteiger partial charge >= 0.3 is 5.97 Å². The van der Waals surface area contributed by atoms with Crippen molar-refractivity contribution in [3.05, 3.63) is 0 Å². The van der Waals surface area contributed by atoms with Gasteiger partial charge in [-0.2, -0.15) is 0 Å². The average molecular weight is 175 g/mol. The molecule has 6 N–H and O–H groups in total. The van der Waals surface area contributed by atoms with Crippen LogP contribution >= 0.6 is 0 Å². The van der Waals surface area contributed by atoms with Crippen molar-refractivity contribution < 1.29 is 9.90 Å². The molecule has 0 aliphatic heterocycles. The highest BCUT2D eigenvalue weighted by Gasteiger charge is 2.22. The summed E-state index contributed by atoms with van der Waals surface area (Å²) in [5.41, 5.74) is 10.7. The Hall–Kier alpha value is -0.650. The van der Waals surface area contributed by atoms with Gasteiger partial charge in [0.1, 0.15) is 6.04 Å². The van der Waals surface area contributed by atoms with Crippen LogP contribution in [-0.2, 0) is 4.79 Å². The maximum absolute atomic E-state index is 10.6. The fraction of sp³-hybridized carbons (Fsp3) is 0.857. The fourth-order valence-electron chi connectivity index (χ4n) is 0.848. The van der Waals surface area contributed by atoms with Crippen LogP contribution in [0.5, 0.6) is 0 Å². The van der Waals surface area contributed by atoms with Gasteiger partial charge in [-0.05, 0) is 5.92 Å². The highest BCUT2D eigenvalue weighted by Crippen LogP contribution is 2.01. The van der Waals surface area contributed by atoms with Gasteiger partial charge in [-0.15, -0.1) is 0 Å². The van der Waals surface area contributed by atoms with Crippen molar-refractivity contribution in [1.82, 2.24) is 5.32 Å². The van der Waals surface area contributed by atoms with Crippen molar-refractivity contribution in [1.29, 1.82) is 0 Å². The summed E-state index contributed by atoms with van der Waals surface area (Å²) in [5.74, 6) is -0.894. The molecule has 5 heteroatoms. The Labute approximate surface area is 72.1 Å². The summed E-state index contributed by atoms with van der Waals surface area (Å²) < 4.78 is 0. The van der Waals surface area contributed by atoms with Gasteiger partial charge in [0.05, 0.1) is 6.17 Å². The highest BCUT2D eigenvalue weighted by atomic mass is 16.4. The monoisotopic (exact) mass is 175 g/mol. The molecule has 0 aromatic heterocycles. The summed E-state index contributed by atoms with van der Waals surface area (Å²) in [6.45, 7) is 3.86. The summed E-state index contributed by atoms with van der Waals surface area (Å²) in [4.78, 5) is 10.6. The number of hydrogen-bond donors (Lipinski definition) is 4. The number of nitrogens with two attached hydrogens (primary N) is 2. The Kier molecular flexibility index (Phi) is 4.80. The van der Waals surface area contributed by atoms with E-state index in [1.165, 1.54) is 0 Å². The van der Waals surface area contributed by atoms with Crippen LogP contribution in [0.25, 0.3) is 0 Å². The van der Waals surface area contributed by atoms with Gasteiger partial charge in [-0.3, -0.25) is 10.1 Å². The third kappa shape index (κ3) is 3.66. The second-order valence-corrected chi connectivity index (χ2v) is 3.07. The van der Waals surface area contributed by atoms with Gasteiger partial charge in [0.2, 0.25) is 0 Å². The van der Waals surface area contributed by atoms with E-state index in [1.807, 2.05) is 13.8 Å². The topological polar surface area (TPSA) is 101 Å². The molecule has 1 unspecified atom stereocenters. The van der Waals surface area contributed by atoms with E-state index < -0.39 is 18.2 Å². The molecule has 72 valence electrons. The zero-order chi connectivity index (χ0) is 9.72. The largest absolute Gasteiger partial charge is 0.480 e. The number of carboxylic acid groups (broad SMARTS) is 1. The summed E-state index contributed by atoms with van der Waals surface area (Å²) in [5, 5.41) is 11.4. The number of nitrogens with one attached hydrogen (secondary N) is 1. The van der Waals surface area contributed by atoms with E-state index in [0.29, 0.717) is 0 Å². The fourth-order valence-corrected chi connectivity index (χ4v) is 0.848. The molecular weight excluding hydrogens is 158 g/mol. The summed E-state index contributed by atoms with van der Waals surface area (Å²) in [6, 6.07) is -0.622. The van der Waals surface area contributed by atoms with Gasteiger partial charge in [-0.1, -0.05) is 13.8 Å². The Bertz CT molecular complexity index is 150. The van der Waals surface area contributed by atoms with Gasteiger partial charge in [0, 0.05) is 6.54 Å². The molecule has 0 aromatic carbocycles. The zero-order valence-electron chi connectivity index (χ0n) is 7.45. The molecule has 0 radical (unpaired) electrons. The lowest BCUT2D eigenvalue weighted by molar-refractivity contribution is -0.140. The van der Waals surface area contributed by atoms with Crippen LogP contribution in [0.15, 0.2) is 0 Å². The van der Waals surface area contributed by atoms with Gasteiger partial charge < -0.3 is 16.6 Å². The molecule has 2 atom stereocenters. The summed E-state index contributed by atoms with van der Waals surface area (Å²) in [7, 11) is 0. The van der Waals surface area contributed by atoms with Crippen LogP contribution in [0.3, 0.4) is 0 Å². The first kappa shape index (κ1) is 11.4. The normalized spacial score (nSPS) is 16.1. The van der Waals surface area contributed by atoms with Gasteiger partial charge in [-0.25, -0.2) is 0 Å². The van der Waals surface area contributed by atoms with E-state index in [4.69, 9.17) is 16.6 Å². The molecule has 0 aliphatic carbocycles. The van der Waals surface area contributed by atoms with Crippen molar-refractivity contribution in [2.75, 3.05) is 6.54 Å². The van der Waals surface area contributed by atoms with Crippen molar-refractivity contribution in [2.24, 2.45) is 17.4 Å². The standard InChI is InChI=1S/C7H17N3O2/c1-4(2)6(7(11)12)10-5(9)3-8/h4-6,10H,3,8-9H2,1-2H3,(H,11,12)/t5?,6-/m0/s1. The lowest BCUT2D eigenvalue weighted by atomic mass is 10.0. The molecule has 0 spiro atoms.